The van der Waals surface area contributed by atoms with Crippen molar-refractivity contribution in [3.05, 3.63) is 47.0 Å². The van der Waals surface area contributed by atoms with E-state index in [1.165, 1.54) is 29.5 Å². The zero-order valence-electron chi connectivity index (χ0n) is 28.0. The SMILES string of the molecule is CC(C)=CCCC(C)CCOCc1ccc(C(CC(C)(C)C)C(C)(N)CC(C)(C)C(C)(C)C(C)(C)C)cc1. The molecule has 1 rings (SSSR count). The molecule has 0 spiro atoms. The molecule has 1 aromatic rings. The van der Waals surface area contributed by atoms with Crippen molar-refractivity contribution in [3.63, 3.8) is 0 Å². The van der Waals surface area contributed by atoms with E-state index < -0.39 is 0 Å². The summed E-state index contributed by atoms with van der Waals surface area (Å²) in [5.41, 5.74) is 11.6. The van der Waals surface area contributed by atoms with Crippen LogP contribution in [0.5, 0.6) is 0 Å². The van der Waals surface area contributed by atoms with Crippen molar-refractivity contribution in [2.45, 2.75) is 147 Å². The second kappa shape index (κ2) is 13.5. The van der Waals surface area contributed by atoms with Gasteiger partial charge in [-0.3, -0.25) is 0 Å². The van der Waals surface area contributed by atoms with E-state index in [4.69, 9.17) is 10.5 Å². The molecule has 0 saturated carbocycles. The van der Waals surface area contributed by atoms with Gasteiger partial charge in [-0.25, -0.2) is 0 Å². The number of nitrogens with two attached hydrogens (primary N) is 1. The minimum atomic E-state index is -0.320. The molecule has 0 radical (unpaired) electrons. The Kier molecular flexibility index (Phi) is 12.4. The second-order valence-electron chi connectivity index (χ2n) is 16.3. The fourth-order valence-corrected chi connectivity index (χ4v) is 5.78. The Morgan fingerprint density at radius 3 is 1.89 bits per heavy atom. The summed E-state index contributed by atoms with van der Waals surface area (Å²) in [6, 6.07) is 9.13. The zero-order chi connectivity index (χ0) is 29.6. The Hall–Kier alpha value is -1.12. The minimum Gasteiger partial charge on any atom is -0.377 e. The fraction of sp³-hybridized carbons (Fsp3) is 0.778. The van der Waals surface area contributed by atoms with E-state index in [-0.39, 0.29) is 33.1 Å². The highest BCUT2D eigenvalue weighted by Crippen LogP contribution is 2.55. The molecule has 0 aliphatic carbocycles. The van der Waals surface area contributed by atoms with Crippen LogP contribution in [-0.2, 0) is 11.3 Å². The molecule has 38 heavy (non-hydrogen) atoms. The van der Waals surface area contributed by atoms with Gasteiger partial charge in [0.1, 0.15) is 0 Å². The molecule has 2 N–H and O–H groups in total. The first kappa shape index (κ1) is 34.9. The highest BCUT2D eigenvalue weighted by molar-refractivity contribution is 5.28. The van der Waals surface area contributed by atoms with Crippen LogP contribution >= 0.6 is 0 Å². The van der Waals surface area contributed by atoms with Crippen LogP contribution in [0.3, 0.4) is 0 Å². The molecule has 0 aliphatic heterocycles. The quantitative estimate of drug-likeness (QED) is 0.193. The van der Waals surface area contributed by atoms with Gasteiger partial charge in [0.2, 0.25) is 0 Å². The molecule has 2 nitrogen and oxygen atoms in total. The van der Waals surface area contributed by atoms with E-state index in [9.17, 15) is 0 Å². The third kappa shape index (κ3) is 10.8. The van der Waals surface area contributed by atoms with E-state index in [0.717, 1.165) is 25.9 Å². The van der Waals surface area contributed by atoms with Crippen LogP contribution in [-0.4, -0.2) is 12.1 Å². The van der Waals surface area contributed by atoms with Crippen molar-refractivity contribution < 1.29 is 4.74 Å². The molecule has 0 aliphatic rings. The Labute approximate surface area is 238 Å². The average molecular weight is 528 g/mol. The van der Waals surface area contributed by atoms with E-state index in [2.05, 4.69) is 127 Å². The van der Waals surface area contributed by atoms with Gasteiger partial charge in [-0.1, -0.05) is 112 Å². The molecule has 0 saturated heterocycles. The summed E-state index contributed by atoms with van der Waals surface area (Å²) in [7, 11) is 0. The molecule has 0 amide bonds. The van der Waals surface area contributed by atoms with Crippen LogP contribution in [0.25, 0.3) is 0 Å². The fourth-order valence-electron chi connectivity index (χ4n) is 5.78. The number of benzene rings is 1. The molecular weight excluding hydrogens is 462 g/mol. The molecule has 0 bridgehead atoms. The highest BCUT2D eigenvalue weighted by Gasteiger charge is 2.49. The summed E-state index contributed by atoms with van der Waals surface area (Å²) in [6.45, 7) is 34.2. The van der Waals surface area contributed by atoms with E-state index in [1.807, 2.05) is 0 Å². The lowest BCUT2D eigenvalue weighted by Crippen LogP contribution is -2.52. The smallest absolute Gasteiger partial charge is 0.0716 e. The van der Waals surface area contributed by atoms with Crippen molar-refractivity contribution in [1.82, 2.24) is 0 Å². The molecule has 3 unspecified atom stereocenters. The highest BCUT2D eigenvalue weighted by atomic mass is 16.5. The van der Waals surface area contributed by atoms with Gasteiger partial charge in [0.05, 0.1) is 6.61 Å². The molecule has 3 atom stereocenters. The number of rotatable bonds is 14. The maximum atomic E-state index is 7.31. The maximum Gasteiger partial charge on any atom is 0.0716 e. The van der Waals surface area contributed by atoms with E-state index in [0.29, 0.717) is 12.5 Å². The Morgan fingerprint density at radius 1 is 0.868 bits per heavy atom. The molecule has 1 aromatic carbocycles. The van der Waals surface area contributed by atoms with Gasteiger partial charge in [0.25, 0.3) is 0 Å². The van der Waals surface area contributed by atoms with Crippen molar-refractivity contribution in [2.24, 2.45) is 33.3 Å². The van der Waals surface area contributed by atoms with E-state index in [1.54, 1.807) is 0 Å². The summed E-state index contributed by atoms with van der Waals surface area (Å²) >= 11 is 0. The normalized spacial score (nSPS) is 16.6. The summed E-state index contributed by atoms with van der Waals surface area (Å²) in [4.78, 5) is 0. The predicted octanol–water partition coefficient (Wildman–Crippen LogP) is 10.7. The monoisotopic (exact) mass is 528 g/mol. The number of hydrogen-bond acceptors (Lipinski definition) is 2. The lowest BCUT2D eigenvalue weighted by Gasteiger charge is -2.54. The molecule has 0 aromatic heterocycles. The molecular formula is C36H65NO. The molecule has 220 valence electrons. The first-order valence-corrected chi connectivity index (χ1v) is 15.2. The van der Waals surface area contributed by atoms with Crippen LogP contribution in [0.1, 0.15) is 146 Å². The van der Waals surface area contributed by atoms with E-state index >= 15 is 0 Å². The summed E-state index contributed by atoms with van der Waals surface area (Å²) in [5, 5.41) is 0. The zero-order valence-corrected chi connectivity index (χ0v) is 28.0. The van der Waals surface area contributed by atoms with Gasteiger partial charge in [-0.05, 0) is 91.6 Å². The first-order valence-electron chi connectivity index (χ1n) is 15.2. The largest absolute Gasteiger partial charge is 0.377 e. The standard InChI is InChI=1S/C36H65NO/c1-27(2)16-15-17-28(3)22-23-38-25-29-18-20-30(21-19-29)31(24-32(4,5)6)36(14,37)26-34(10,11)35(12,13)33(7,8)9/h16,18-21,28,31H,15,17,22-26,37H2,1-14H3. The molecule has 0 fully saturated rings. The van der Waals surface area contributed by atoms with Crippen molar-refractivity contribution >= 4 is 0 Å². The van der Waals surface area contributed by atoms with Crippen LogP contribution in [0.15, 0.2) is 35.9 Å². The number of hydrogen-bond donors (Lipinski definition) is 1. The van der Waals surface area contributed by atoms with Crippen molar-refractivity contribution in [3.8, 4) is 0 Å². The number of ether oxygens (including phenoxy) is 1. The van der Waals surface area contributed by atoms with Gasteiger partial charge >= 0.3 is 0 Å². The van der Waals surface area contributed by atoms with Gasteiger partial charge in [-0.2, -0.15) is 0 Å². The van der Waals surface area contributed by atoms with Crippen LogP contribution in [0, 0.1) is 27.6 Å². The molecule has 0 heterocycles. The van der Waals surface area contributed by atoms with Gasteiger partial charge < -0.3 is 10.5 Å². The van der Waals surface area contributed by atoms with Crippen LogP contribution in [0.4, 0.5) is 0 Å². The third-order valence-corrected chi connectivity index (χ3v) is 9.62. The minimum absolute atomic E-state index is 0.0848. The van der Waals surface area contributed by atoms with Crippen molar-refractivity contribution in [1.29, 1.82) is 0 Å². The third-order valence-electron chi connectivity index (χ3n) is 9.62. The Bertz CT molecular complexity index is 854. The predicted molar refractivity (Wildman–Crippen MR) is 170 cm³/mol. The first-order chi connectivity index (χ1) is 17.1. The molecule has 2 heteroatoms. The topological polar surface area (TPSA) is 35.2 Å². The summed E-state index contributed by atoms with van der Waals surface area (Å²) in [6.07, 6.45) is 7.90. The number of allylic oxidation sites excluding steroid dienone is 2. The summed E-state index contributed by atoms with van der Waals surface area (Å²) in [5.74, 6) is 0.982. The van der Waals surface area contributed by atoms with Gasteiger partial charge in [-0.15, -0.1) is 0 Å². The van der Waals surface area contributed by atoms with Gasteiger partial charge in [0.15, 0.2) is 0 Å². The van der Waals surface area contributed by atoms with Crippen molar-refractivity contribution in [2.75, 3.05) is 6.61 Å². The van der Waals surface area contributed by atoms with Gasteiger partial charge in [0, 0.05) is 18.1 Å². The lowest BCUT2D eigenvalue weighted by atomic mass is 9.52. The second-order valence-corrected chi connectivity index (χ2v) is 16.3. The average Bonchev–Trinajstić information content (AvgIpc) is 2.73. The van der Waals surface area contributed by atoms with Crippen LogP contribution in [0.2, 0.25) is 0 Å². The van der Waals surface area contributed by atoms with Crippen LogP contribution < -0.4 is 5.73 Å². The maximum absolute atomic E-state index is 7.31. The summed E-state index contributed by atoms with van der Waals surface area (Å²) < 4.78 is 6.06. The lowest BCUT2D eigenvalue weighted by molar-refractivity contribution is -0.0298. The Balaban J connectivity index is 2.95. The Morgan fingerprint density at radius 2 is 1.42 bits per heavy atom.